The van der Waals surface area contributed by atoms with Crippen molar-refractivity contribution in [2.45, 2.75) is 31.6 Å². The molecule has 0 aromatic carbocycles. The second-order valence-corrected chi connectivity index (χ2v) is 11.2. The highest BCUT2D eigenvalue weighted by atomic mass is 32.1. The predicted molar refractivity (Wildman–Crippen MR) is 129 cm³/mol. The van der Waals surface area contributed by atoms with E-state index >= 15 is 17.6 Å². The number of nitrogens with zero attached hydrogens (tertiary/aromatic N) is 4. The van der Waals surface area contributed by atoms with E-state index in [1.54, 1.807) is 72.3 Å². The number of aryl methyl sites for hydroxylation is 4. The number of alkyl halides is 6. The summed E-state index contributed by atoms with van der Waals surface area (Å²) in [5.74, 6) is -16.0. The molecule has 37 heavy (non-hydrogen) atoms. The molecular formula is C25H20F6N4S2+2. The summed E-state index contributed by atoms with van der Waals surface area (Å²) >= 11 is 1.94. The van der Waals surface area contributed by atoms with Crippen LogP contribution >= 0.6 is 22.7 Å². The number of aromatic nitrogens is 4. The molecule has 12 heteroatoms. The van der Waals surface area contributed by atoms with E-state index in [1.165, 1.54) is 13.8 Å². The molecule has 0 radical (unpaired) electrons. The van der Waals surface area contributed by atoms with Gasteiger partial charge >= 0.3 is 17.8 Å². The monoisotopic (exact) mass is 554 g/mol. The number of allylic oxidation sites excluding steroid dienone is 2. The molecule has 4 heterocycles. The molecule has 0 fully saturated rings. The van der Waals surface area contributed by atoms with Crippen molar-refractivity contribution < 1.29 is 35.5 Å². The van der Waals surface area contributed by atoms with Crippen LogP contribution in [-0.2, 0) is 14.1 Å². The van der Waals surface area contributed by atoms with Crippen molar-refractivity contribution in [1.82, 2.24) is 9.97 Å². The first-order valence-corrected chi connectivity index (χ1v) is 12.6. The van der Waals surface area contributed by atoms with Crippen LogP contribution in [0.4, 0.5) is 26.3 Å². The SMILES string of the molecule is Cc1sc(-c2cc[n+](C)cc2)nc1C1=C(c2nc(-c3cc[n+](C)cc3)sc2C)C(F)(F)C(F)(F)C1(F)F. The highest BCUT2D eigenvalue weighted by Crippen LogP contribution is 2.65. The van der Waals surface area contributed by atoms with Gasteiger partial charge in [-0.2, -0.15) is 26.3 Å². The molecule has 192 valence electrons. The predicted octanol–water partition coefficient (Wildman–Crippen LogP) is 6.03. The Morgan fingerprint density at radius 3 is 1.27 bits per heavy atom. The number of hydrogen-bond donors (Lipinski definition) is 0. The standard InChI is InChI=1S/C25H20F6N4S2/c1-13-19(32-21(36-13)15-5-9-34(3)10-6-15)17-18(24(28,29)25(30,31)23(17,26)27)20-14(2)37-22(33-20)16-7-11-35(4)12-8-16/h5-12H,1-4H3/q+2. The van der Waals surface area contributed by atoms with Gasteiger partial charge in [-0.15, -0.1) is 22.7 Å². The quantitative estimate of drug-likeness (QED) is 0.228. The Morgan fingerprint density at radius 1 is 0.622 bits per heavy atom. The molecule has 1 aliphatic rings. The van der Waals surface area contributed by atoms with Crippen molar-refractivity contribution in [1.29, 1.82) is 0 Å². The molecule has 0 bridgehead atoms. The molecule has 0 saturated heterocycles. The maximum Gasteiger partial charge on any atom is 0.380 e. The van der Waals surface area contributed by atoms with Gasteiger partial charge in [-0.25, -0.2) is 19.1 Å². The Morgan fingerprint density at radius 2 is 0.946 bits per heavy atom. The average molecular weight is 555 g/mol. The van der Waals surface area contributed by atoms with E-state index in [0.717, 1.165) is 22.7 Å². The third-order valence-corrected chi connectivity index (χ3v) is 8.22. The third kappa shape index (κ3) is 3.80. The zero-order chi connectivity index (χ0) is 26.9. The number of pyridine rings is 2. The van der Waals surface area contributed by atoms with E-state index in [0.29, 0.717) is 11.1 Å². The topological polar surface area (TPSA) is 33.5 Å². The Balaban J connectivity index is 1.76. The van der Waals surface area contributed by atoms with Gasteiger partial charge in [0, 0.05) is 45.1 Å². The Bertz CT molecular complexity index is 1420. The van der Waals surface area contributed by atoms with Crippen molar-refractivity contribution >= 4 is 33.8 Å². The molecule has 0 amide bonds. The number of halogens is 6. The Kier molecular flexibility index (Phi) is 5.83. The van der Waals surface area contributed by atoms with Crippen molar-refractivity contribution in [3.8, 4) is 21.1 Å². The van der Waals surface area contributed by atoms with Crippen molar-refractivity contribution in [2.24, 2.45) is 14.1 Å². The molecule has 0 atom stereocenters. The summed E-state index contributed by atoms with van der Waals surface area (Å²) in [6.07, 6.45) is 6.80. The van der Waals surface area contributed by atoms with Crippen LogP contribution in [0.2, 0.25) is 0 Å². The molecule has 4 aromatic heterocycles. The van der Waals surface area contributed by atoms with Gasteiger partial charge in [0.25, 0.3) is 0 Å². The lowest BCUT2D eigenvalue weighted by molar-refractivity contribution is -0.671. The summed E-state index contributed by atoms with van der Waals surface area (Å²) in [7, 11) is 3.56. The normalized spacial score (nSPS) is 18.0. The maximum atomic E-state index is 15.3. The first-order valence-electron chi connectivity index (χ1n) is 11.0. The summed E-state index contributed by atoms with van der Waals surface area (Å²) < 4.78 is 94.3. The molecule has 0 aliphatic heterocycles. The van der Waals surface area contributed by atoms with Gasteiger partial charge in [-0.3, -0.25) is 0 Å². The molecule has 4 aromatic rings. The fraction of sp³-hybridized carbons (Fsp3) is 0.280. The summed E-state index contributed by atoms with van der Waals surface area (Å²) in [6.45, 7) is 2.80. The summed E-state index contributed by atoms with van der Waals surface area (Å²) in [5, 5.41) is 0.504. The second kappa shape index (κ2) is 8.45. The fourth-order valence-electron chi connectivity index (χ4n) is 4.15. The molecule has 0 N–H and O–H groups in total. The highest BCUT2D eigenvalue weighted by molar-refractivity contribution is 7.15. The van der Waals surface area contributed by atoms with Crippen LogP contribution < -0.4 is 9.13 Å². The molecular weight excluding hydrogens is 534 g/mol. The summed E-state index contributed by atoms with van der Waals surface area (Å²) in [5.41, 5.74) is -3.03. The van der Waals surface area contributed by atoms with Gasteiger partial charge in [0.05, 0.1) is 22.5 Å². The Labute approximate surface area is 216 Å². The van der Waals surface area contributed by atoms with Crippen molar-refractivity contribution in [3.63, 3.8) is 0 Å². The molecule has 4 nitrogen and oxygen atoms in total. The van der Waals surface area contributed by atoms with E-state index in [2.05, 4.69) is 9.97 Å². The first kappa shape index (κ1) is 25.5. The van der Waals surface area contributed by atoms with Gasteiger partial charge in [-0.1, -0.05) is 0 Å². The largest absolute Gasteiger partial charge is 0.380 e. The van der Waals surface area contributed by atoms with E-state index < -0.39 is 40.3 Å². The zero-order valence-electron chi connectivity index (χ0n) is 20.0. The number of rotatable bonds is 4. The molecule has 1 aliphatic carbocycles. The van der Waals surface area contributed by atoms with Gasteiger partial charge in [0.2, 0.25) is 0 Å². The molecule has 0 unspecified atom stereocenters. The van der Waals surface area contributed by atoms with Crippen LogP contribution in [0.3, 0.4) is 0 Å². The lowest BCUT2D eigenvalue weighted by Gasteiger charge is -2.25. The lowest BCUT2D eigenvalue weighted by Crippen LogP contribution is -2.49. The first-order chi connectivity index (χ1) is 17.3. The third-order valence-electron chi connectivity index (χ3n) is 6.18. The minimum Gasteiger partial charge on any atom is -0.236 e. The van der Waals surface area contributed by atoms with E-state index in [9.17, 15) is 8.78 Å². The number of thiazole rings is 2. The van der Waals surface area contributed by atoms with Gasteiger partial charge in [0.1, 0.15) is 24.1 Å². The highest BCUT2D eigenvalue weighted by Gasteiger charge is 2.81. The molecule has 5 rings (SSSR count). The van der Waals surface area contributed by atoms with Gasteiger partial charge < -0.3 is 0 Å². The van der Waals surface area contributed by atoms with E-state index in [4.69, 9.17) is 0 Å². The summed E-state index contributed by atoms with van der Waals surface area (Å²) in [4.78, 5) is 8.59. The number of hydrogen-bond acceptors (Lipinski definition) is 4. The van der Waals surface area contributed by atoms with E-state index in [1.807, 2.05) is 0 Å². The van der Waals surface area contributed by atoms with Crippen LogP contribution in [0.25, 0.3) is 32.3 Å². The average Bonchev–Trinajstić information content (AvgIpc) is 3.42. The van der Waals surface area contributed by atoms with Crippen LogP contribution in [-0.4, -0.2) is 27.7 Å². The second-order valence-electron chi connectivity index (χ2n) is 8.83. The minimum atomic E-state index is -5.67. The van der Waals surface area contributed by atoms with Crippen molar-refractivity contribution in [3.05, 3.63) is 70.2 Å². The lowest BCUT2D eigenvalue weighted by atomic mass is 10.0. The zero-order valence-corrected chi connectivity index (χ0v) is 21.6. The smallest absolute Gasteiger partial charge is 0.236 e. The van der Waals surface area contributed by atoms with Gasteiger partial charge in [-0.05, 0) is 13.8 Å². The maximum absolute atomic E-state index is 15.3. The van der Waals surface area contributed by atoms with Crippen LogP contribution in [0.1, 0.15) is 21.1 Å². The molecule has 0 spiro atoms. The fourth-order valence-corrected chi connectivity index (χ4v) is 6.00. The minimum absolute atomic E-state index is 0.118. The van der Waals surface area contributed by atoms with Crippen LogP contribution in [0.15, 0.2) is 49.1 Å². The van der Waals surface area contributed by atoms with Crippen molar-refractivity contribution in [2.75, 3.05) is 0 Å². The molecule has 0 saturated carbocycles. The van der Waals surface area contributed by atoms with Gasteiger partial charge in [0.15, 0.2) is 24.8 Å². The van der Waals surface area contributed by atoms with Crippen LogP contribution in [0.5, 0.6) is 0 Å². The van der Waals surface area contributed by atoms with E-state index in [-0.39, 0.29) is 19.8 Å². The Hall–Kier alpha value is -3.12. The van der Waals surface area contributed by atoms with Crippen LogP contribution in [0, 0.1) is 13.8 Å². The summed E-state index contributed by atoms with van der Waals surface area (Å²) in [6, 6.07) is 6.68.